The van der Waals surface area contributed by atoms with E-state index in [9.17, 15) is 13.2 Å². The number of hydrogen-bond acceptors (Lipinski definition) is 3. The third-order valence-corrected chi connectivity index (χ3v) is 1.95. The van der Waals surface area contributed by atoms with Gasteiger partial charge in [0.2, 0.25) is 5.13 Å². The molecule has 0 amide bonds. The molecule has 60 valence electrons. The highest BCUT2D eigenvalue weighted by Crippen LogP contribution is 2.54. The molecule has 1 aliphatic heterocycles. The van der Waals surface area contributed by atoms with Gasteiger partial charge >= 0.3 is 7.91 Å². The molecule has 1 heterocycles. The maximum atomic E-state index is 12.4. The molecule has 0 unspecified atom stereocenters. The van der Waals surface area contributed by atoms with Gasteiger partial charge in [0, 0.05) is 0 Å². The van der Waals surface area contributed by atoms with Gasteiger partial charge in [-0.1, -0.05) is 11.6 Å². The van der Waals surface area contributed by atoms with Crippen LogP contribution in [-0.2, 0) is 13.6 Å². The molecule has 10 heavy (non-hydrogen) atoms. The minimum Gasteiger partial charge on any atom is -0.279 e. The van der Waals surface area contributed by atoms with E-state index >= 15 is 0 Å². The monoisotopic (exact) mass is 192 g/mol. The van der Waals surface area contributed by atoms with Gasteiger partial charge in [0.05, 0.1) is 0 Å². The fraction of sp³-hybridized carbons (Fsp3) is 1.00. The predicted octanol–water partition coefficient (Wildman–Crippen LogP) is 2.02. The largest absolute Gasteiger partial charge is 0.513 e. The summed E-state index contributed by atoms with van der Waals surface area (Å²) in [7, 11) is -4.49. The van der Waals surface area contributed by atoms with E-state index in [0.717, 1.165) is 0 Å². The summed E-state index contributed by atoms with van der Waals surface area (Å²) in [6.07, 6.45) is 0. The van der Waals surface area contributed by atoms with Gasteiger partial charge < -0.3 is 0 Å². The Labute approximate surface area is 60.9 Å². The molecule has 0 N–H and O–H groups in total. The number of halogens is 3. The second kappa shape index (κ2) is 2.41. The standard InChI is InChI=1S/C3H4ClF2O3P/c4-3(5)1-8-10(6,7)9-2-3/h1-2H2. The highest BCUT2D eigenvalue weighted by Gasteiger charge is 2.41. The van der Waals surface area contributed by atoms with Crippen LogP contribution in [0.2, 0.25) is 0 Å². The maximum Gasteiger partial charge on any atom is 0.513 e. The summed E-state index contributed by atoms with van der Waals surface area (Å²) in [4.78, 5) is 0. The Bertz CT molecular complexity index is 171. The first-order valence-electron chi connectivity index (χ1n) is 2.38. The van der Waals surface area contributed by atoms with Crippen LogP contribution in [0.15, 0.2) is 0 Å². The molecule has 1 rings (SSSR count). The summed E-state index contributed by atoms with van der Waals surface area (Å²) >= 11 is 4.99. The first kappa shape index (κ1) is 8.40. The molecule has 1 saturated heterocycles. The Kier molecular flexibility index (Phi) is 2.02. The molecule has 0 bridgehead atoms. The van der Waals surface area contributed by atoms with Crippen molar-refractivity contribution in [3.63, 3.8) is 0 Å². The summed E-state index contributed by atoms with van der Waals surface area (Å²) in [5.41, 5.74) is 0. The van der Waals surface area contributed by atoms with E-state index in [-0.39, 0.29) is 0 Å². The Morgan fingerprint density at radius 2 is 1.90 bits per heavy atom. The molecule has 0 aromatic heterocycles. The van der Waals surface area contributed by atoms with Gasteiger partial charge in [-0.25, -0.2) is 8.96 Å². The highest BCUT2D eigenvalue weighted by atomic mass is 35.5. The molecule has 0 aliphatic carbocycles. The fourth-order valence-electron chi connectivity index (χ4n) is 0.422. The van der Waals surface area contributed by atoms with Gasteiger partial charge in [0.1, 0.15) is 13.2 Å². The van der Waals surface area contributed by atoms with Crippen molar-refractivity contribution in [1.82, 2.24) is 0 Å². The molecule has 1 fully saturated rings. The van der Waals surface area contributed by atoms with E-state index < -0.39 is 26.2 Å². The number of alkyl halides is 2. The summed E-state index contributed by atoms with van der Waals surface area (Å²) < 4.78 is 42.4. The Balaban J connectivity index is 2.54. The lowest BCUT2D eigenvalue weighted by atomic mass is 10.4. The average Bonchev–Trinajstić information content (AvgIpc) is 1.79. The third-order valence-electron chi connectivity index (χ3n) is 0.860. The van der Waals surface area contributed by atoms with Crippen LogP contribution >= 0.6 is 19.5 Å². The van der Waals surface area contributed by atoms with Crippen molar-refractivity contribution in [2.24, 2.45) is 0 Å². The molecule has 0 aromatic rings. The SMILES string of the molecule is O=P1(F)OCC(F)(Cl)CO1. The van der Waals surface area contributed by atoms with Crippen LogP contribution < -0.4 is 0 Å². The molecule has 7 heteroatoms. The maximum absolute atomic E-state index is 12.4. The van der Waals surface area contributed by atoms with Gasteiger partial charge in [-0.15, -0.1) is 4.20 Å². The first-order chi connectivity index (χ1) is 4.41. The topological polar surface area (TPSA) is 35.5 Å². The number of hydrogen-bond donors (Lipinski definition) is 0. The van der Waals surface area contributed by atoms with Crippen LogP contribution in [0, 0.1) is 0 Å². The Morgan fingerprint density at radius 3 is 2.20 bits per heavy atom. The van der Waals surface area contributed by atoms with Gasteiger partial charge in [-0.2, -0.15) is 0 Å². The van der Waals surface area contributed by atoms with Crippen molar-refractivity contribution < 1.29 is 22.2 Å². The molecule has 0 atom stereocenters. The molecule has 3 nitrogen and oxygen atoms in total. The second-order valence-corrected chi connectivity index (χ2v) is 3.89. The highest BCUT2D eigenvalue weighted by molar-refractivity contribution is 7.48. The van der Waals surface area contributed by atoms with Crippen LogP contribution in [0.3, 0.4) is 0 Å². The van der Waals surface area contributed by atoms with Crippen LogP contribution in [-0.4, -0.2) is 18.3 Å². The van der Waals surface area contributed by atoms with Crippen molar-refractivity contribution in [2.75, 3.05) is 13.2 Å². The average molecular weight is 192 g/mol. The van der Waals surface area contributed by atoms with Crippen LogP contribution in [0.1, 0.15) is 0 Å². The number of rotatable bonds is 0. The lowest BCUT2D eigenvalue weighted by molar-refractivity contribution is 0.0277. The molecule has 0 saturated carbocycles. The van der Waals surface area contributed by atoms with E-state index in [4.69, 9.17) is 11.6 Å². The third kappa shape index (κ3) is 2.16. The Hall–Kier alpha value is 0.300. The van der Waals surface area contributed by atoms with Crippen LogP contribution in [0.4, 0.5) is 8.59 Å². The minimum atomic E-state index is -4.49. The lowest BCUT2D eigenvalue weighted by Crippen LogP contribution is -2.31. The summed E-state index contributed by atoms with van der Waals surface area (Å²) in [6.45, 7) is -1.50. The van der Waals surface area contributed by atoms with Crippen LogP contribution in [0.25, 0.3) is 0 Å². The smallest absolute Gasteiger partial charge is 0.279 e. The fourth-order valence-corrected chi connectivity index (χ4v) is 1.48. The molecule has 0 spiro atoms. The van der Waals surface area contributed by atoms with Gasteiger partial charge in [-0.3, -0.25) is 9.05 Å². The zero-order valence-corrected chi connectivity index (χ0v) is 6.37. The zero-order chi connectivity index (χ0) is 7.83. The van der Waals surface area contributed by atoms with E-state index in [0.29, 0.717) is 0 Å². The van der Waals surface area contributed by atoms with Crippen molar-refractivity contribution in [2.45, 2.75) is 5.13 Å². The summed E-state index contributed by atoms with van der Waals surface area (Å²) in [6, 6.07) is 0. The molecular weight excluding hydrogens is 188 g/mol. The van der Waals surface area contributed by atoms with E-state index in [1.165, 1.54) is 0 Å². The molecule has 1 aliphatic rings. The molecular formula is C3H4ClF2O3P. The van der Waals surface area contributed by atoms with Crippen molar-refractivity contribution in [3.05, 3.63) is 0 Å². The first-order valence-corrected chi connectivity index (χ1v) is 4.19. The molecule has 0 radical (unpaired) electrons. The van der Waals surface area contributed by atoms with Gasteiger partial charge in [0.15, 0.2) is 0 Å². The second-order valence-electron chi connectivity index (χ2n) is 1.83. The van der Waals surface area contributed by atoms with Gasteiger partial charge in [-0.05, 0) is 0 Å². The van der Waals surface area contributed by atoms with Crippen molar-refractivity contribution >= 4 is 19.5 Å². The van der Waals surface area contributed by atoms with Crippen molar-refractivity contribution in [1.29, 1.82) is 0 Å². The zero-order valence-electron chi connectivity index (χ0n) is 4.72. The Morgan fingerprint density at radius 1 is 1.50 bits per heavy atom. The molecule has 0 aromatic carbocycles. The normalized spacial score (nSPS) is 49.1. The van der Waals surface area contributed by atoms with E-state index in [2.05, 4.69) is 9.05 Å². The minimum absolute atomic E-state index is 0.748. The van der Waals surface area contributed by atoms with E-state index in [1.54, 1.807) is 0 Å². The van der Waals surface area contributed by atoms with Gasteiger partial charge in [0.25, 0.3) is 0 Å². The predicted molar refractivity (Wildman–Crippen MR) is 30.3 cm³/mol. The summed E-state index contributed by atoms with van der Waals surface area (Å²) in [5.74, 6) is 0. The van der Waals surface area contributed by atoms with Crippen LogP contribution in [0.5, 0.6) is 0 Å². The van der Waals surface area contributed by atoms with E-state index in [1.807, 2.05) is 0 Å². The quantitative estimate of drug-likeness (QED) is 0.435. The summed E-state index contributed by atoms with van der Waals surface area (Å²) in [5, 5.41) is -2.25. The lowest BCUT2D eigenvalue weighted by Gasteiger charge is -2.24. The van der Waals surface area contributed by atoms with Crippen molar-refractivity contribution in [3.8, 4) is 0 Å².